The van der Waals surface area contributed by atoms with Gasteiger partial charge in [-0.15, -0.1) is 12.4 Å². The Kier molecular flexibility index (Phi) is 4.20. The number of benzene rings is 2. The van der Waals surface area contributed by atoms with E-state index in [1.54, 1.807) is 0 Å². The first-order valence-electron chi connectivity index (χ1n) is 4.93. The Bertz CT molecular complexity index is 391. The molecule has 0 bridgehead atoms. The molecule has 2 rings (SSSR count). The van der Waals surface area contributed by atoms with E-state index in [1.807, 2.05) is 48.5 Å². The largest absolute Gasteiger partial charge is 0.399 e. The summed E-state index contributed by atoms with van der Waals surface area (Å²) in [6.07, 6.45) is 0.917. The molecule has 0 heterocycles. The van der Waals surface area contributed by atoms with Crippen molar-refractivity contribution in [1.82, 2.24) is 0 Å². The fourth-order valence-corrected chi connectivity index (χ4v) is 1.51. The summed E-state index contributed by atoms with van der Waals surface area (Å²) < 4.78 is 0. The molecular formula is C13H15ClN2. The van der Waals surface area contributed by atoms with Gasteiger partial charge in [0.1, 0.15) is 0 Å². The number of rotatable bonds is 2. The summed E-state index contributed by atoms with van der Waals surface area (Å²) in [5.74, 6) is 0. The van der Waals surface area contributed by atoms with Gasteiger partial charge in [0.25, 0.3) is 0 Å². The van der Waals surface area contributed by atoms with Gasteiger partial charge in [-0.3, -0.25) is 0 Å². The van der Waals surface area contributed by atoms with Crippen molar-refractivity contribution in [3.05, 3.63) is 59.7 Å². The van der Waals surface area contributed by atoms with Gasteiger partial charge >= 0.3 is 0 Å². The molecule has 0 aliphatic heterocycles. The Balaban J connectivity index is 0.00000128. The van der Waals surface area contributed by atoms with Gasteiger partial charge < -0.3 is 11.5 Å². The first-order valence-corrected chi connectivity index (χ1v) is 4.93. The van der Waals surface area contributed by atoms with Crippen molar-refractivity contribution in [2.24, 2.45) is 0 Å². The Labute approximate surface area is 102 Å². The molecular weight excluding hydrogens is 220 g/mol. The number of nitrogens with two attached hydrogens (primary N) is 2. The van der Waals surface area contributed by atoms with E-state index in [1.165, 1.54) is 11.1 Å². The van der Waals surface area contributed by atoms with Crippen molar-refractivity contribution in [2.45, 2.75) is 6.42 Å². The Morgan fingerprint density at radius 1 is 0.625 bits per heavy atom. The van der Waals surface area contributed by atoms with Gasteiger partial charge in [-0.25, -0.2) is 0 Å². The summed E-state index contributed by atoms with van der Waals surface area (Å²) in [7, 11) is 0. The van der Waals surface area contributed by atoms with Gasteiger partial charge in [-0.2, -0.15) is 0 Å². The molecule has 0 aliphatic carbocycles. The molecule has 0 spiro atoms. The molecule has 0 saturated carbocycles. The highest BCUT2D eigenvalue weighted by molar-refractivity contribution is 5.85. The standard InChI is InChI=1S/C13H14N2.ClH/c14-12-5-1-10(2-6-12)9-11-3-7-13(15)8-4-11;/h1-8H,9,14-15H2;1H. The lowest BCUT2D eigenvalue weighted by molar-refractivity contribution is 1.19. The fraction of sp³-hybridized carbons (Fsp3) is 0.0769. The van der Waals surface area contributed by atoms with E-state index in [4.69, 9.17) is 11.5 Å². The molecule has 0 fully saturated rings. The molecule has 2 nitrogen and oxygen atoms in total. The van der Waals surface area contributed by atoms with E-state index in [9.17, 15) is 0 Å². The maximum Gasteiger partial charge on any atom is 0.0314 e. The van der Waals surface area contributed by atoms with Crippen LogP contribution in [0.15, 0.2) is 48.5 Å². The topological polar surface area (TPSA) is 52.0 Å². The summed E-state index contributed by atoms with van der Waals surface area (Å²) >= 11 is 0. The lowest BCUT2D eigenvalue weighted by Gasteiger charge is -2.02. The highest BCUT2D eigenvalue weighted by atomic mass is 35.5. The van der Waals surface area contributed by atoms with E-state index >= 15 is 0 Å². The smallest absolute Gasteiger partial charge is 0.0314 e. The van der Waals surface area contributed by atoms with Crippen molar-refractivity contribution in [1.29, 1.82) is 0 Å². The maximum absolute atomic E-state index is 5.62. The van der Waals surface area contributed by atoms with Crippen LogP contribution in [-0.2, 0) is 6.42 Å². The molecule has 84 valence electrons. The molecule has 0 unspecified atom stereocenters. The van der Waals surface area contributed by atoms with Gasteiger partial charge in [0.05, 0.1) is 0 Å². The molecule has 0 aromatic heterocycles. The Morgan fingerprint density at radius 3 is 1.25 bits per heavy atom. The summed E-state index contributed by atoms with van der Waals surface area (Å²) in [6, 6.07) is 15.9. The summed E-state index contributed by atoms with van der Waals surface area (Å²) in [5.41, 5.74) is 15.4. The third-order valence-corrected chi connectivity index (χ3v) is 2.37. The zero-order chi connectivity index (χ0) is 10.7. The minimum absolute atomic E-state index is 0. The van der Waals surface area contributed by atoms with Gasteiger partial charge in [0.15, 0.2) is 0 Å². The van der Waals surface area contributed by atoms with Gasteiger partial charge in [-0.1, -0.05) is 24.3 Å². The highest BCUT2D eigenvalue weighted by Gasteiger charge is 1.95. The zero-order valence-electron chi connectivity index (χ0n) is 8.89. The number of hydrogen-bond acceptors (Lipinski definition) is 2. The second kappa shape index (κ2) is 5.42. The van der Waals surface area contributed by atoms with Crippen LogP contribution in [0.4, 0.5) is 11.4 Å². The molecule has 2 aromatic carbocycles. The maximum atomic E-state index is 5.62. The first-order chi connectivity index (χ1) is 7.24. The minimum atomic E-state index is 0. The summed E-state index contributed by atoms with van der Waals surface area (Å²) in [4.78, 5) is 0. The second-order valence-corrected chi connectivity index (χ2v) is 3.66. The van der Waals surface area contributed by atoms with E-state index in [0.717, 1.165) is 17.8 Å². The Hall–Kier alpha value is -1.67. The fourth-order valence-electron chi connectivity index (χ4n) is 1.51. The van der Waals surface area contributed by atoms with Gasteiger partial charge in [0.2, 0.25) is 0 Å². The van der Waals surface area contributed by atoms with Gasteiger partial charge in [-0.05, 0) is 41.8 Å². The lowest BCUT2D eigenvalue weighted by atomic mass is 10.0. The molecule has 0 amide bonds. The van der Waals surface area contributed by atoms with Gasteiger partial charge in [0, 0.05) is 11.4 Å². The van der Waals surface area contributed by atoms with Crippen LogP contribution in [0.2, 0.25) is 0 Å². The molecule has 0 aliphatic rings. The van der Waals surface area contributed by atoms with E-state index in [2.05, 4.69) is 0 Å². The van der Waals surface area contributed by atoms with Crippen LogP contribution in [0.25, 0.3) is 0 Å². The molecule has 0 atom stereocenters. The van der Waals surface area contributed by atoms with Crippen molar-refractivity contribution in [3.63, 3.8) is 0 Å². The second-order valence-electron chi connectivity index (χ2n) is 3.66. The number of nitrogen functional groups attached to an aromatic ring is 2. The third kappa shape index (κ3) is 3.17. The molecule has 3 heteroatoms. The molecule has 2 aromatic rings. The average molecular weight is 235 g/mol. The van der Waals surface area contributed by atoms with E-state index < -0.39 is 0 Å². The molecule has 16 heavy (non-hydrogen) atoms. The van der Waals surface area contributed by atoms with Crippen LogP contribution in [0.5, 0.6) is 0 Å². The number of hydrogen-bond donors (Lipinski definition) is 2. The van der Waals surface area contributed by atoms with Crippen molar-refractivity contribution >= 4 is 23.8 Å². The lowest BCUT2D eigenvalue weighted by Crippen LogP contribution is -1.90. The van der Waals surface area contributed by atoms with E-state index in [-0.39, 0.29) is 12.4 Å². The third-order valence-electron chi connectivity index (χ3n) is 2.37. The van der Waals surface area contributed by atoms with Crippen molar-refractivity contribution < 1.29 is 0 Å². The van der Waals surface area contributed by atoms with Crippen molar-refractivity contribution in [2.75, 3.05) is 11.5 Å². The predicted molar refractivity (Wildman–Crippen MR) is 71.8 cm³/mol. The molecule has 0 saturated heterocycles. The van der Waals surface area contributed by atoms with Crippen LogP contribution in [0.3, 0.4) is 0 Å². The monoisotopic (exact) mass is 234 g/mol. The van der Waals surface area contributed by atoms with Crippen molar-refractivity contribution in [3.8, 4) is 0 Å². The number of anilines is 2. The predicted octanol–water partition coefficient (Wildman–Crippen LogP) is 2.86. The number of halogens is 1. The van der Waals surface area contributed by atoms with Crippen LogP contribution in [-0.4, -0.2) is 0 Å². The van der Waals surface area contributed by atoms with E-state index in [0.29, 0.717) is 0 Å². The first kappa shape index (κ1) is 12.4. The average Bonchev–Trinajstić information content (AvgIpc) is 2.25. The van der Waals surface area contributed by atoms with Crippen LogP contribution in [0.1, 0.15) is 11.1 Å². The summed E-state index contributed by atoms with van der Waals surface area (Å²) in [5, 5.41) is 0. The van der Waals surface area contributed by atoms with Crippen LogP contribution >= 0.6 is 12.4 Å². The quantitative estimate of drug-likeness (QED) is 0.786. The molecule has 0 radical (unpaired) electrons. The van der Waals surface area contributed by atoms with Crippen LogP contribution in [0, 0.1) is 0 Å². The molecule has 4 N–H and O–H groups in total. The SMILES string of the molecule is Cl.Nc1ccc(Cc2ccc(N)cc2)cc1. The highest BCUT2D eigenvalue weighted by Crippen LogP contribution is 2.13. The minimum Gasteiger partial charge on any atom is -0.399 e. The van der Waals surface area contributed by atoms with Crippen LogP contribution < -0.4 is 11.5 Å². The summed E-state index contributed by atoms with van der Waals surface area (Å²) in [6.45, 7) is 0. The Morgan fingerprint density at radius 2 is 0.938 bits per heavy atom. The zero-order valence-corrected chi connectivity index (χ0v) is 9.71. The normalized spacial score (nSPS) is 9.50.